The highest BCUT2D eigenvalue weighted by Crippen LogP contribution is 2.31. The topological polar surface area (TPSA) is 83.8 Å². The number of halogens is 1. The summed E-state index contributed by atoms with van der Waals surface area (Å²) in [4.78, 5) is 39.3. The number of piperazine rings is 1. The highest BCUT2D eigenvalue weighted by molar-refractivity contribution is 6.30. The van der Waals surface area contributed by atoms with Crippen LogP contribution in [0.3, 0.4) is 0 Å². The van der Waals surface area contributed by atoms with Gasteiger partial charge < -0.3 is 9.80 Å². The van der Waals surface area contributed by atoms with Crippen molar-refractivity contribution >= 4 is 34.7 Å². The molecule has 1 aliphatic heterocycles. The number of Topliss-reactive ketones (excluding diaryl/α,β-unsaturated/α-hetero) is 1. The van der Waals surface area contributed by atoms with Crippen LogP contribution in [-0.2, 0) is 11.2 Å². The van der Waals surface area contributed by atoms with Gasteiger partial charge in [-0.1, -0.05) is 42.8 Å². The Morgan fingerprint density at radius 3 is 2.30 bits per heavy atom. The molecule has 2 aromatic rings. The number of carbonyl (C=O) groups is 2. The average Bonchev–Trinajstić information content (AvgIpc) is 2.77. The van der Waals surface area contributed by atoms with Gasteiger partial charge in [-0.05, 0) is 24.1 Å². The van der Waals surface area contributed by atoms with Gasteiger partial charge in [-0.2, -0.15) is 0 Å². The van der Waals surface area contributed by atoms with Gasteiger partial charge in [0.15, 0.2) is 5.78 Å². The molecule has 0 spiro atoms. The first-order valence-electron chi connectivity index (χ1n) is 9.98. The molecule has 7 nitrogen and oxygen atoms in total. The minimum Gasteiger partial charge on any atom is -0.362 e. The van der Waals surface area contributed by atoms with Crippen molar-refractivity contribution in [2.75, 3.05) is 31.1 Å². The molecule has 158 valence electrons. The largest absolute Gasteiger partial charge is 0.362 e. The summed E-state index contributed by atoms with van der Waals surface area (Å²) in [6.07, 6.45) is 1.25. The molecule has 3 rings (SSSR count). The second-order valence-electron chi connectivity index (χ2n) is 7.23. The Bertz CT molecular complexity index is 938. The van der Waals surface area contributed by atoms with E-state index in [4.69, 9.17) is 11.6 Å². The van der Waals surface area contributed by atoms with E-state index in [1.165, 1.54) is 11.6 Å². The molecule has 1 aliphatic rings. The highest BCUT2D eigenvalue weighted by Gasteiger charge is 2.26. The van der Waals surface area contributed by atoms with Gasteiger partial charge in [-0.15, -0.1) is 0 Å². The molecule has 1 heterocycles. The number of aryl methyl sites for hydroxylation is 1. The quantitative estimate of drug-likeness (QED) is 0.375. The lowest BCUT2D eigenvalue weighted by Gasteiger charge is -2.35. The van der Waals surface area contributed by atoms with Crippen LogP contribution in [0.5, 0.6) is 0 Å². The zero-order chi connectivity index (χ0) is 21.7. The normalized spacial score (nSPS) is 13.9. The summed E-state index contributed by atoms with van der Waals surface area (Å²) in [5.74, 6) is -0.111. The van der Waals surface area contributed by atoms with Crippen LogP contribution in [-0.4, -0.2) is 47.7 Å². The van der Waals surface area contributed by atoms with Crippen molar-refractivity contribution < 1.29 is 14.5 Å². The zero-order valence-corrected chi connectivity index (χ0v) is 17.6. The molecule has 8 heteroatoms. The summed E-state index contributed by atoms with van der Waals surface area (Å²) in [6.45, 7) is 3.94. The predicted molar refractivity (Wildman–Crippen MR) is 116 cm³/mol. The summed E-state index contributed by atoms with van der Waals surface area (Å²) in [7, 11) is 0. The minimum absolute atomic E-state index is 0.0398. The lowest BCUT2D eigenvalue weighted by Crippen LogP contribution is -2.49. The third kappa shape index (κ3) is 5.16. The van der Waals surface area contributed by atoms with Crippen LogP contribution >= 0.6 is 11.6 Å². The molecule has 1 fully saturated rings. The maximum absolute atomic E-state index is 12.5. The van der Waals surface area contributed by atoms with Crippen molar-refractivity contribution in [3.8, 4) is 0 Å². The number of amides is 1. The van der Waals surface area contributed by atoms with Crippen LogP contribution in [0.25, 0.3) is 0 Å². The SMILES string of the molecule is CCc1ccc(C(=O)CCC(=O)N2CCN(c3ccc(Cl)cc3[N+](=O)[O-])CC2)cc1. The van der Waals surface area contributed by atoms with Gasteiger partial charge in [0, 0.05) is 55.7 Å². The van der Waals surface area contributed by atoms with E-state index in [1.54, 1.807) is 17.0 Å². The molecule has 2 aromatic carbocycles. The van der Waals surface area contributed by atoms with Gasteiger partial charge in [-0.3, -0.25) is 19.7 Å². The van der Waals surface area contributed by atoms with Crippen LogP contribution in [0.15, 0.2) is 42.5 Å². The number of carbonyl (C=O) groups excluding carboxylic acids is 2. The van der Waals surface area contributed by atoms with Gasteiger partial charge in [0.25, 0.3) is 5.69 Å². The smallest absolute Gasteiger partial charge is 0.294 e. The van der Waals surface area contributed by atoms with Gasteiger partial charge >= 0.3 is 0 Å². The van der Waals surface area contributed by atoms with Gasteiger partial charge in [0.2, 0.25) is 5.91 Å². The fourth-order valence-corrected chi connectivity index (χ4v) is 3.72. The molecular formula is C22H24ClN3O4. The maximum atomic E-state index is 12.5. The highest BCUT2D eigenvalue weighted by atomic mass is 35.5. The van der Waals surface area contributed by atoms with E-state index in [0.29, 0.717) is 42.5 Å². The Kier molecular flexibility index (Phi) is 7.05. The van der Waals surface area contributed by atoms with Gasteiger partial charge in [0.05, 0.1) is 4.92 Å². The molecule has 0 saturated carbocycles. The lowest BCUT2D eigenvalue weighted by atomic mass is 10.0. The zero-order valence-electron chi connectivity index (χ0n) is 16.8. The Labute approximate surface area is 180 Å². The first-order chi connectivity index (χ1) is 14.4. The van der Waals surface area contributed by atoms with E-state index in [1.807, 2.05) is 29.2 Å². The van der Waals surface area contributed by atoms with Crippen molar-refractivity contribution in [2.45, 2.75) is 26.2 Å². The van der Waals surface area contributed by atoms with Crippen molar-refractivity contribution in [2.24, 2.45) is 0 Å². The Hall–Kier alpha value is -2.93. The molecule has 0 aromatic heterocycles. The van der Waals surface area contributed by atoms with Crippen molar-refractivity contribution in [1.82, 2.24) is 4.90 Å². The summed E-state index contributed by atoms with van der Waals surface area (Å²) in [5.41, 5.74) is 2.26. The molecule has 0 aliphatic carbocycles. The molecule has 0 bridgehead atoms. The van der Waals surface area contributed by atoms with E-state index < -0.39 is 4.92 Å². The van der Waals surface area contributed by atoms with Crippen LogP contribution in [0, 0.1) is 10.1 Å². The van der Waals surface area contributed by atoms with E-state index >= 15 is 0 Å². The molecular weight excluding hydrogens is 406 g/mol. The fourth-order valence-electron chi connectivity index (χ4n) is 3.56. The molecule has 1 amide bonds. The monoisotopic (exact) mass is 429 g/mol. The van der Waals surface area contributed by atoms with E-state index in [0.717, 1.165) is 6.42 Å². The number of nitro groups is 1. The predicted octanol–water partition coefficient (Wildman–Crippen LogP) is 4.12. The number of anilines is 1. The number of nitrogens with zero attached hydrogens (tertiary/aromatic N) is 3. The van der Waals surface area contributed by atoms with Crippen molar-refractivity contribution in [3.05, 3.63) is 68.7 Å². The van der Waals surface area contributed by atoms with Gasteiger partial charge in [-0.25, -0.2) is 0 Å². The van der Waals surface area contributed by atoms with Crippen molar-refractivity contribution in [3.63, 3.8) is 0 Å². The first-order valence-corrected chi connectivity index (χ1v) is 10.4. The van der Waals surface area contributed by atoms with Crippen LogP contribution in [0.2, 0.25) is 5.02 Å². The third-order valence-corrected chi connectivity index (χ3v) is 5.59. The number of hydrogen-bond acceptors (Lipinski definition) is 5. The fraction of sp³-hybridized carbons (Fsp3) is 0.364. The second kappa shape index (κ2) is 9.71. The Morgan fingerprint density at radius 1 is 1.03 bits per heavy atom. The molecule has 1 saturated heterocycles. The van der Waals surface area contributed by atoms with Crippen LogP contribution in [0.4, 0.5) is 11.4 Å². The summed E-state index contributed by atoms with van der Waals surface area (Å²) in [6, 6.07) is 12.1. The van der Waals surface area contributed by atoms with Crippen LogP contribution < -0.4 is 4.90 Å². The summed E-state index contributed by atoms with van der Waals surface area (Å²) in [5, 5.41) is 11.6. The molecule has 0 N–H and O–H groups in total. The molecule has 30 heavy (non-hydrogen) atoms. The van der Waals surface area contributed by atoms with Crippen molar-refractivity contribution in [1.29, 1.82) is 0 Å². The summed E-state index contributed by atoms with van der Waals surface area (Å²) < 4.78 is 0. The number of nitro benzene ring substituents is 1. The Balaban J connectivity index is 1.53. The minimum atomic E-state index is -0.447. The molecule has 0 atom stereocenters. The van der Waals surface area contributed by atoms with E-state index in [-0.39, 0.29) is 30.2 Å². The standard InChI is InChI=1S/C22H24ClN3O4/c1-2-16-3-5-17(6-4-16)21(27)9-10-22(28)25-13-11-24(12-14-25)19-8-7-18(23)15-20(19)26(29)30/h3-8,15H,2,9-14H2,1H3. The first kappa shape index (κ1) is 21.8. The number of ketones is 1. The van der Waals surface area contributed by atoms with Crippen LogP contribution in [0.1, 0.15) is 35.7 Å². The lowest BCUT2D eigenvalue weighted by molar-refractivity contribution is -0.384. The molecule has 0 radical (unpaired) electrons. The number of rotatable bonds is 7. The summed E-state index contributed by atoms with van der Waals surface area (Å²) >= 11 is 5.88. The molecule has 0 unspecified atom stereocenters. The van der Waals surface area contributed by atoms with E-state index in [2.05, 4.69) is 6.92 Å². The Morgan fingerprint density at radius 2 is 1.70 bits per heavy atom. The van der Waals surface area contributed by atoms with E-state index in [9.17, 15) is 19.7 Å². The third-order valence-electron chi connectivity index (χ3n) is 5.36. The number of hydrogen-bond donors (Lipinski definition) is 0. The number of benzene rings is 2. The average molecular weight is 430 g/mol. The second-order valence-corrected chi connectivity index (χ2v) is 7.67. The maximum Gasteiger partial charge on any atom is 0.294 e. The van der Waals surface area contributed by atoms with Gasteiger partial charge in [0.1, 0.15) is 5.69 Å².